The highest BCUT2D eigenvalue weighted by atomic mass is 16.1. The van der Waals surface area contributed by atoms with Crippen molar-refractivity contribution in [3.05, 3.63) is 35.0 Å². The van der Waals surface area contributed by atoms with E-state index in [1.165, 1.54) is 5.56 Å². The second-order valence-electron chi connectivity index (χ2n) is 3.99. The van der Waals surface area contributed by atoms with Crippen molar-refractivity contribution in [2.24, 2.45) is 0 Å². The molecule has 0 atom stereocenters. The quantitative estimate of drug-likeness (QED) is 0.796. The summed E-state index contributed by atoms with van der Waals surface area (Å²) in [7, 11) is 0. The highest BCUT2D eigenvalue weighted by Gasteiger charge is 2.08. The van der Waals surface area contributed by atoms with E-state index in [0.29, 0.717) is 6.54 Å². The van der Waals surface area contributed by atoms with E-state index in [1.54, 1.807) is 0 Å². The van der Waals surface area contributed by atoms with Gasteiger partial charge in [-0.1, -0.05) is 0 Å². The molecule has 2 aromatic rings. The van der Waals surface area contributed by atoms with Crippen LogP contribution >= 0.6 is 0 Å². The molecule has 0 fully saturated rings. The van der Waals surface area contributed by atoms with E-state index in [2.05, 4.69) is 17.2 Å². The Morgan fingerprint density at radius 1 is 1.38 bits per heavy atom. The minimum atomic E-state index is -0.0114. The molecule has 0 aliphatic rings. The van der Waals surface area contributed by atoms with Crippen LogP contribution in [0.3, 0.4) is 0 Å². The van der Waals surface area contributed by atoms with Crippen LogP contribution in [0, 0.1) is 13.8 Å². The van der Waals surface area contributed by atoms with Gasteiger partial charge in [0.2, 0.25) is 0 Å². The van der Waals surface area contributed by atoms with Gasteiger partial charge in [0, 0.05) is 28.7 Å². The van der Waals surface area contributed by atoms with Crippen LogP contribution < -0.4 is 5.32 Å². The van der Waals surface area contributed by atoms with Crippen LogP contribution in [0.5, 0.6) is 0 Å². The molecule has 1 aromatic heterocycles. The highest BCUT2D eigenvalue weighted by Crippen LogP contribution is 2.22. The average Bonchev–Trinajstić information content (AvgIpc) is 2.55. The van der Waals surface area contributed by atoms with Gasteiger partial charge in [0.15, 0.2) is 0 Å². The van der Waals surface area contributed by atoms with Crippen LogP contribution in [-0.4, -0.2) is 17.4 Å². The second kappa shape index (κ2) is 4.00. The number of rotatable bonds is 2. The molecule has 1 heterocycles. The van der Waals surface area contributed by atoms with Gasteiger partial charge in [-0.05, 0) is 44.5 Å². The zero-order chi connectivity index (χ0) is 11.7. The zero-order valence-corrected chi connectivity index (χ0v) is 9.85. The summed E-state index contributed by atoms with van der Waals surface area (Å²) in [4.78, 5) is 15.0. The van der Waals surface area contributed by atoms with Crippen molar-refractivity contribution in [1.29, 1.82) is 0 Å². The number of nitrogens with one attached hydrogen (secondary N) is 2. The normalized spacial score (nSPS) is 10.7. The van der Waals surface area contributed by atoms with Crippen molar-refractivity contribution in [3.63, 3.8) is 0 Å². The summed E-state index contributed by atoms with van der Waals surface area (Å²) in [6.45, 7) is 6.68. The van der Waals surface area contributed by atoms with E-state index in [-0.39, 0.29) is 5.91 Å². The van der Waals surface area contributed by atoms with E-state index in [4.69, 9.17) is 0 Å². The molecule has 0 spiro atoms. The SMILES string of the molecule is CCNC(=O)c1ccc2[nH]c(C)c(C)c2c1. The predicted octanol–water partition coefficient (Wildman–Crippen LogP) is 2.53. The van der Waals surface area contributed by atoms with Gasteiger partial charge in [-0.15, -0.1) is 0 Å². The number of benzene rings is 1. The number of fused-ring (bicyclic) bond motifs is 1. The summed E-state index contributed by atoms with van der Waals surface area (Å²) >= 11 is 0. The Hall–Kier alpha value is -1.77. The molecule has 0 aliphatic carbocycles. The minimum absolute atomic E-state index is 0.0114. The number of aromatic nitrogens is 1. The van der Waals surface area contributed by atoms with Gasteiger partial charge in [-0.25, -0.2) is 0 Å². The molecule has 0 saturated heterocycles. The van der Waals surface area contributed by atoms with E-state index in [1.807, 2.05) is 32.0 Å². The fourth-order valence-electron chi connectivity index (χ4n) is 1.87. The minimum Gasteiger partial charge on any atom is -0.358 e. The van der Waals surface area contributed by atoms with Gasteiger partial charge in [-0.2, -0.15) is 0 Å². The standard InChI is InChI=1S/C13H16N2O/c1-4-14-13(16)10-5-6-12-11(7-10)8(2)9(3)15-12/h5-7,15H,4H2,1-3H3,(H,14,16). The Bertz CT molecular complexity index is 540. The Morgan fingerprint density at radius 3 is 2.81 bits per heavy atom. The van der Waals surface area contributed by atoms with E-state index < -0.39 is 0 Å². The van der Waals surface area contributed by atoms with Gasteiger partial charge >= 0.3 is 0 Å². The highest BCUT2D eigenvalue weighted by molar-refractivity contribution is 5.98. The van der Waals surface area contributed by atoms with Gasteiger partial charge in [0.25, 0.3) is 5.91 Å². The summed E-state index contributed by atoms with van der Waals surface area (Å²) < 4.78 is 0. The smallest absolute Gasteiger partial charge is 0.251 e. The third-order valence-corrected chi connectivity index (χ3v) is 2.91. The van der Waals surface area contributed by atoms with Crippen molar-refractivity contribution in [2.45, 2.75) is 20.8 Å². The summed E-state index contributed by atoms with van der Waals surface area (Å²) in [6.07, 6.45) is 0. The number of aryl methyl sites for hydroxylation is 2. The maximum atomic E-state index is 11.7. The molecule has 3 heteroatoms. The lowest BCUT2D eigenvalue weighted by Gasteiger charge is -2.02. The van der Waals surface area contributed by atoms with Crippen LogP contribution in [0.25, 0.3) is 10.9 Å². The first-order valence-electron chi connectivity index (χ1n) is 5.50. The van der Waals surface area contributed by atoms with E-state index >= 15 is 0 Å². The topological polar surface area (TPSA) is 44.9 Å². The lowest BCUT2D eigenvalue weighted by molar-refractivity contribution is 0.0956. The fourth-order valence-corrected chi connectivity index (χ4v) is 1.87. The summed E-state index contributed by atoms with van der Waals surface area (Å²) in [5.41, 5.74) is 4.17. The van der Waals surface area contributed by atoms with Crippen LogP contribution in [0.2, 0.25) is 0 Å². The molecule has 0 saturated carbocycles. The Morgan fingerprint density at radius 2 is 2.12 bits per heavy atom. The zero-order valence-electron chi connectivity index (χ0n) is 9.85. The number of hydrogen-bond donors (Lipinski definition) is 2. The van der Waals surface area contributed by atoms with Gasteiger partial charge in [0.1, 0.15) is 0 Å². The molecule has 0 radical (unpaired) electrons. The van der Waals surface area contributed by atoms with Crippen LogP contribution in [-0.2, 0) is 0 Å². The Kier molecular flexibility index (Phi) is 2.69. The predicted molar refractivity (Wildman–Crippen MR) is 65.8 cm³/mol. The first-order valence-corrected chi connectivity index (χ1v) is 5.50. The molecule has 16 heavy (non-hydrogen) atoms. The molecule has 0 aliphatic heterocycles. The number of hydrogen-bond acceptors (Lipinski definition) is 1. The average molecular weight is 216 g/mol. The van der Waals surface area contributed by atoms with Gasteiger partial charge in [0.05, 0.1) is 0 Å². The number of carbonyl (C=O) groups is 1. The number of amides is 1. The fraction of sp³-hybridized carbons (Fsp3) is 0.308. The van der Waals surface area contributed by atoms with Crippen molar-refractivity contribution < 1.29 is 4.79 Å². The maximum Gasteiger partial charge on any atom is 0.251 e. The number of H-pyrrole nitrogens is 1. The monoisotopic (exact) mass is 216 g/mol. The van der Waals surface area contributed by atoms with E-state index in [0.717, 1.165) is 22.2 Å². The Balaban J connectivity index is 2.50. The molecule has 3 nitrogen and oxygen atoms in total. The second-order valence-corrected chi connectivity index (χ2v) is 3.99. The summed E-state index contributed by atoms with van der Waals surface area (Å²) in [5, 5.41) is 3.93. The van der Waals surface area contributed by atoms with E-state index in [9.17, 15) is 4.79 Å². The first kappa shape index (κ1) is 10.7. The molecule has 0 unspecified atom stereocenters. The summed E-state index contributed by atoms with van der Waals surface area (Å²) in [6, 6.07) is 5.75. The number of carbonyl (C=O) groups excluding carboxylic acids is 1. The van der Waals surface area contributed by atoms with Crippen LogP contribution in [0.4, 0.5) is 0 Å². The lowest BCUT2D eigenvalue weighted by atomic mass is 10.1. The van der Waals surface area contributed by atoms with Crippen molar-refractivity contribution >= 4 is 16.8 Å². The van der Waals surface area contributed by atoms with Crippen molar-refractivity contribution in [1.82, 2.24) is 10.3 Å². The number of aromatic amines is 1. The molecule has 1 amide bonds. The molecular formula is C13H16N2O. The van der Waals surface area contributed by atoms with Crippen molar-refractivity contribution in [3.8, 4) is 0 Å². The molecule has 2 rings (SSSR count). The van der Waals surface area contributed by atoms with Crippen LogP contribution in [0.15, 0.2) is 18.2 Å². The third kappa shape index (κ3) is 1.69. The lowest BCUT2D eigenvalue weighted by Crippen LogP contribution is -2.22. The third-order valence-electron chi connectivity index (χ3n) is 2.91. The Labute approximate surface area is 94.9 Å². The molecule has 1 aromatic carbocycles. The summed E-state index contributed by atoms with van der Waals surface area (Å²) in [5.74, 6) is -0.0114. The van der Waals surface area contributed by atoms with Gasteiger partial charge in [-0.3, -0.25) is 4.79 Å². The van der Waals surface area contributed by atoms with Gasteiger partial charge < -0.3 is 10.3 Å². The van der Waals surface area contributed by atoms with Crippen LogP contribution in [0.1, 0.15) is 28.5 Å². The molecule has 2 N–H and O–H groups in total. The van der Waals surface area contributed by atoms with Crippen molar-refractivity contribution in [2.75, 3.05) is 6.54 Å². The maximum absolute atomic E-state index is 11.7. The first-order chi connectivity index (χ1) is 7.63. The molecular weight excluding hydrogens is 200 g/mol. The molecule has 0 bridgehead atoms. The largest absolute Gasteiger partial charge is 0.358 e. The molecule has 84 valence electrons.